The molecule has 24 heavy (non-hydrogen) atoms. The van der Waals surface area contributed by atoms with Gasteiger partial charge in [0.2, 0.25) is 5.91 Å². The number of carbonyl (C=O) groups is 1. The zero-order chi connectivity index (χ0) is 16.9. The van der Waals surface area contributed by atoms with Crippen LogP contribution in [0, 0.1) is 11.8 Å². The quantitative estimate of drug-likeness (QED) is 0.845. The van der Waals surface area contributed by atoms with Crippen LogP contribution < -0.4 is 4.90 Å². The second-order valence-corrected chi connectivity index (χ2v) is 7.06. The fraction of sp³-hybridized carbons (Fsp3) is 0.722. The molecule has 0 aromatic carbocycles. The third kappa shape index (κ3) is 4.04. The number of hydrogen-bond acceptors (Lipinski definition) is 5. The highest BCUT2D eigenvalue weighted by molar-refractivity contribution is 5.79. The summed E-state index contributed by atoms with van der Waals surface area (Å²) in [6.07, 6.45) is 6.00. The smallest absolute Gasteiger partial charge is 0.225 e. The zero-order valence-corrected chi connectivity index (χ0v) is 14.8. The largest absolute Gasteiger partial charge is 0.377 e. The highest BCUT2D eigenvalue weighted by Crippen LogP contribution is 2.25. The number of nitrogens with zero attached hydrogens (tertiary/aromatic N) is 4. The van der Waals surface area contributed by atoms with Crippen molar-refractivity contribution in [1.82, 2.24) is 14.9 Å². The zero-order valence-electron chi connectivity index (χ0n) is 14.8. The Balaban J connectivity index is 1.55. The number of amides is 1. The lowest BCUT2D eigenvalue weighted by Crippen LogP contribution is -2.46. The SMILES string of the molecule is COCc1nccc(N2CCC(C(=O)N3CCCC(C)C3)CC2)n1. The lowest BCUT2D eigenvalue weighted by Gasteiger charge is -2.37. The highest BCUT2D eigenvalue weighted by atomic mass is 16.5. The van der Waals surface area contributed by atoms with Gasteiger partial charge in [0.1, 0.15) is 12.4 Å². The lowest BCUT2D eigenvalue weighted by atomic mass is 9.93. The second kappa shape index (κ2) is 7.92. The summed E-state index contributed by atoms with van der Waals surface area (Å²) in [5.41, 5.74) is 0. The maximum Gasteiger partial charge on any atom is 0.225 e. The fourth-order valence-corrected chi connectivity index (χ4v) is 3.77. The van der Waals surface area contributed by atoms with E-state index in [-0.39, 0.29) is 5.92 Å². The Bertz CT molecular complexity index is 558. The number of hydrogen-bond donors (Lipinski definition) is 0. The van der Waals surface area contributed by atoms with Crippen molar-refractivity contribution in [2.45, 2.75) is 39.2 Å². The van der Waals surface area contributed by atoms with Crippen molar-refractivity contribution < 1.29 is 9.53 Å². The van der Waals surface area contributed by atoms with Gasteiger partial charge in [-0.2, -0.15) is 0 Å². The van der Waals surface area contributed by atoms with Gasteiger partial charge in [0.25, 0.3) is 0 Å². The van der Waals surface area contributed by atoms with Crippen LogP contribution in [0.3, 0.4) is 0 Å². The second-order valence-electron chi connectivity index (χ2n) is 7.06. The molecule has 0 aliphatic carbocycles. The molecule has 1 atom stereocenters. The molecule has 1 aromatic rings. The summed E-state index contributed by atoms with van der Waals surface area (Å²) < 4.78 is 5.10. The van der Waals surface area contributed by atoms with Gasteiger partial charge in [0.15, 0.2) is 5.82 Å². The van der Waals surface area contributed by atoms with Crippen LogP contribution >= 0.6 is 0 Å². The van der Waals surface area contributed by atoms with Gasteiger partial charge < -0.3 is 14.5 Å². The maximum absolute atomic E-state index is 12.7. The van der Waals surface area contributed by atoms with E-state index >= 15 is 0 Å². The van der Waals surface area contributed by atoms with Gasteiger partial charge in [-0.25, -0.2) is 9.97 Å². The molecule has 0 spiro atoms. The summed E-state index contributed by atoms with van der Waals surface area (Å²) in [6.45, 7) is 6.30. The number of rotatable bonds is 4. The molecule has 0 bridgehead atoms. The molecular formula is C18H28N4O2. The van der Waals surface area contributed by atoms with E-state index in [2.05, 4.69) is 26.7 Å². The summed E-state index contributed by atoms with van der Waals surface area (Å²) in [7, 11) is 1.65. The Morgan fingerprint density at radius 1 is 1.29 bits per heavy atom. The Labute approximate surface area is 144 Å². The molecule has 2 aliphatic heterocycles. The minimum absolute atomic E-state index is 0.173. The molecule has 3 rings (SSSR count). The van der Waals surface area contributed by atoms with Crippen molar-refractivity contribution >= 4 is 11.7 Å². The summed E-state index contributed by atoms with van der Waals surface area (Å²) in [5.74, 6) is 2.82. The molecule has 1 amide bonds. The molecule has 0 N–H and O–H groups in total. The molecule has 0 radical (unpaired) electrons. The average Bonchev–Trinajstić information content (AvgIpc) is 2.62. The molecular weight excluding hydrogens is 304 g/mol. The number of anilines is 1. The molecule has 6 heteroatoms. The first-order chi connectivity index (χ1) is 11.7. The summed E-state index contributed by atoms with van der Waals surface area (Å²) in [5, 5.41) is 0. The predicted octanol–water partition coefficient (Wildman–Crippen LogP) is 2.10. The standard InChI is InChI=1S/C18H28N4O2/c1-14-4-3-9-22(12-14)18(23)15-6-10-21(11-7-15)17-5-8-19-16(20-17)13-24-2/h5,8,14-15H,3-4,6-7,9-13H2,1-2H3. The van der Waals surface area contributed by atoms with E-state index in [0.717, 1.165) is 51.3 Å². The van der Waals surface area contributed by atoms with E-state index in [1.165, 1.54) is 6.42 Å². The van der Waals surface area contributed by atoms with E-state index in [0.29, 0.717) is 24.3 Å². The third-order valence-corrected chi connectivity index (χ3v) is 5.10. The monoisotopic (exact) mass is 332 g/mol. The minimum Gasteiger partial charge on any atom is -0.377 e. The molecule has 1 aromatic heterocycles. The van der Waals surface area contributed by atoms with Gasteiger partial charge in [-0.05, 0) is 37.7 Å². The van der Waals surface area contributed by atoms with Crippen LogP contribution in [0.4, 0.5) is 5.82 Å². The number of aromatic nitrogens is 2. The van der Waals surface area contributed by atoms with E-state index in [1.54, 1.807) is 13.3 Å². The molecule has 2 fully saturated rings. The Morgan fingerprint density at radius 2 is 2.08 bits per heavy atom. The first-order valence-electron chi connectivity index (χ1n) is 9.02. The van der Waals surface area contributed by atoms with Crippen LogP contribution in [-0.2, 0) is 16.1 Å². The van der Waals surface area contributed by atoms with Gasteiger partial charge in [-0.1, -0.05) is 6.92 Å². The van der Waals surface area contributed by atoms with Crippen molar-refractivity contribution in [1.29, 1.82) is 0 Å². The number of piperidine rings is 2. The lowest BCUT2D eigenvalue weighted by molar-refractivity contribution is -0.137. The van der Waals surface area contributed by atoms with Crippen molar-refractivity contribution in [2.24, 2.45) is 11.8 Å². The van der Waals surface area contributed by atoms with Gasteiger partial charge in [0.05, 0.1) is 0 Å². The van der Waals surface area contributed by atoms with Crippen molar-refractivity contribution in [3.63, 3.8) is 0 Å². The van der Waals surface area contributed by atoms with E-state index in [9.17, 15) is 4.79 Å². The molecule has 0 saturated carbocycles. The van der Waals surface area contributed by atoms with Crippen LogP contribution in [0.2, 0.25) is 0 Å². The van der Waals surface area contributed by atoms with Gasteiger partial charge >= 0.3 is 0 Å². The van der Waals surface area contributed by atoms with E-state index in [1.807, 2.05) is 6.07 Å². The Morgan fingerprint density at radius 3 is 2.79 bits per heavy atom. The van der Waals surface area contributed by atoms with Gasteiger partial charge in [-0.3, -0.25) is 4.79 Å². The first-order valence-corrected chi connectivity index (χ1v) is 9.02. The number of likely N-dealkylation sites (tertiary alicyclic amines) is 1. The average molecular weight is 332 g/mol. The molecule has 2 aliphatic rings. The van der Waals surface area contributed by atoms with Crippen LogP contribution in [0.1, 0.15) is 38.4 Å². The third-order valence-electron chi connectivity index (χ3n) is 5.10. The van der Waals surface area contributed by atoms with E-state index in [4.69, 9.17) is 4.74 Å². The number of methoxy groups -OCH3 is 1. The molecule has 132 valence electrons. The highest BCUT2D eigenvalue weighted by Gasteiger charge is 2.30. The number of ether oxygens (including phenoxy) is 1. The molecule has 6 nitrogen and oxygen atoms in total. The van der Waals surface area contributed by atoms with Crippen LogP contribution in [0.15, 0.2) is 12.3 Å². The molecule has 3 heterocycles. The van der Waals surface area contributed by atoms with E-state index < -0.39 is 0 Å². The molecule has 1 unspecified atom stereocenters. The van der Waals surface area contributed by atoms with Crippen LogP contribution in [-0.4, -0.2) is 54.1 Å². The van der Waals surface area contributed by atoms with Crippen molar-refractivity contribution in [3.05, 3.63) is 18.1 Å². The Kier molecular flexibility index (Phi) is 5.66. The molecule has 2 saturated heterocycles. The minimum atomic E-state index is 0.173. The number of carbonyl (C=O) groups excluding carboxylic acids is 1. The van der Waals surface area contributed by atoms with Crippen molar-refractivity contribution in [2.75, 3.05) is 38.2 Å². The van der Waals surface area contributed by atoms with Gasteiger partial charge in [0, 0.05) is 45.4 Å². The van der Waals surface area contributed by atoms with Crippen LogP contribution in [0.25, 0.3) is 0 Å². The summed E-state index contributed by atoms with van der Waals surface area (Å²) in [4.78, 5) is 25.9. The Hall–Kier alpha value is -1.69. The summed E-state index contributed by atoms with van der Waals surface area (Å²) in [6, 6.07) is 1.94. The van der Waals surface area contributed by atoms with Crippen molar-refractivity contribution in [3.8, 4) is 0 Å². The van der Waals surface area contributed by atoms with Crippen LogP contribution in [0.5, 0.6) is 0 Å². The fourth-order valence-electron chi connectivity index (χ4n) is 3.77. The predicted molar refractivity (Wildman–Crippen MR) is 92.7 cm³/mol. The topological polar surface area (TPSA) is 58.6 Å². The van der Waals surface area contributed by atoms with Gasteiger partial charge in [-0.15, -0.1) is 0 Å². The maximum atomic E-state index is 12.7. The summed E-state index contributed by atoms with van der Waals surface area (Å²) >= 11 is 0. The first kappa shape index (κ1) is 17.1. The normalized spacial score (nSPS) is 22.7.